The number of aromatic amines is 1. The van der Waals surface area contributed by atoms with Gasteiger partial charge in [0.2, 0.25) is 5.78 Å². The fourth-order valence-corrected chi connectivity index (χ4v) is 2.65. The van der Waals surface area contributed by atoms with Crippen LogP contribution in [0.3, 0.4) is 0 Å². The van der Waals surface area contributed by atoms with Crippen molar-refractivity contribution in [3.8, 4) is 17.2 Å². The number of hydrogen-bond acceptors (Lipinski definition) is 4. The van der Waals surface area contributed by atoms with Crippen molar-refractivity contribution in [2.45, 2.75) is 0 Å². The van der Waals surface area contributed by atoms with E-state index in [0.717, 1.165) is 11.6 Å². The smallest absolute Gasteiger partial charge is 0.235 e. The number of aromatic nitrogens is 1. The minimum absolute atomic E-state index is 0.0000665. The molecule has 3 aromatic rings. The van der Waals surface area contributed by atoms with Crippen LogP contribution in [-0.2, 0) is 0 Å². The first-order valence-electron chi connectivity index (χ1n) is 6.80. The highest BCUT2D eigenvalue weighted by molar-refractivity contribution is 6.16. The van der Waals surface area contributed by atoms with E-state index in [2.05, 4.69) is 4.98 Å². The Morgan fingerprint density at radius 2 is 2.00 bits per heavy atom. The minimum Gasteiger partial charge on any atom is -0.508 e. The Kier molecular flexibility index (Phi) is 2.68. The van der Waals surface area contributed by atoms with Gasteiger partial charge in [0.15, 0.2) is 5.76 Å². The van der Waals surface area contributed by atoms with Crippen molar-refractivity contribution in [3.63, 3.8) is 0 Å². The van der Waals surface area contributed by atoms with Crippen molar-refractivity contribution in [2.75, 3.05) is 0 Å². The fraction of sp³-hybridized carbons (Fsp3) is 0. The topological polar surface area (TPSA) is 82.6 Å². The number of benzene rings is 2. The molecule has 5 nitrogen and oxygen atoms in total. The number of phenols is 2. The van der Waals surface area contributed by atoms with Crippen LogP contribution in [0.15, 0.2) is 42.3 Å². The summed E-state index contributed by atoms with van der Waals surface area (Å²) < 4.78 is 18.8. The van der Waals surface area contributed by atoms with Crippen molar-refractivity contribution in [3.05, 3.63) is 59.2 Å². The van der Waals surface area contributed by atoms with Crippen LogP contribution in [0, 0.1) is 5.82 Å². The number of nitrogens with one attached hydrogen (secondary N) is 1. The zero-order valence-electron chi connectivity index (χ0n) is 11.6. The van der Waals surface area contributed by atoms with Crippen LogP contribution >= 0.6 is 0 Å². The maximum Gasteiger partial charge on any atom is 0.235 e. The van der Waals surface area contributed by atoms with E-state index in [0.29, 0.717) is 10.9 Å². The lowest BCUT2D eigenvalue weighted by Crippen LogP contribution is -1.98. The molecular weight excluding hydrogens is 301 g/mol. The molecule has 0 atom stereocenters. The standard InChI is InChI=1S/C17H10FNO4/c18-9-1-2-12-11(4-9)8(7-19-12)3-15-17(22)16-13(21)5-10(20)6-14(16)23-15/h1-7,19-21H. The zero-order valence-corrected chi connectivity index (χ0v) is 11.6. The van der Waals surface area contributed by atoms with E-state index in [1.54, 1.807) is 12.3 Å². The average Bonchev–Trinajstić information content (AvgIpc) is 3.01. The van der Waals surface area contributed by atoms with E-state index >= 15 is 0 Å². The summed E-state index contributed by atoms with van der Waals surface area (Å²) in [6.45, 7) is 0. The lowest BCUT2D eigenvalue weighted by atomic mass is 10.1. The van der Waals surface area contributed by atoms with Gasteiger partial charge in [0, 0.05) is 34.8 Å². The number of ether oxygens (including phenoxy) is 1. The van der Waals surface area contributed by atoms with E-state index in [1.807, 2.05) is 0 Å². The highest BCUT2D eigenvalue weighted by Crippen LogP contribution is 2.40. The van der Waals surface area contributed by atoms with Gasteiger partial charge in [-0.05, 0) is 24.3 Å². The molecule has 0 fully saturated rings. The van der Waals surface area contributed by atoms with Crippen LogP contribution in [0.1, 0.15) is 15.9 Å². The predicted molar refractivity (Wildman–Crippen MR) is 81.0 cm³/mol. The Balaban J connectivity index is 1.82. The van der Waals surface area contributed by atoms with E-state index < -0.39 is 5.78 Å². The van der Waals surface area contributed by atoms with E-state index in [1.165, 1.54) is 24.3 Å². The van der Waals surface area contributed by atoms with Crippen LogP contribution in [0.2, 0.25) is 0 Å². The van der Waals surface area contributed by atoms with Crippen molar-refractivity contribution in [1.82, 2.24) is 4.98 Å². The predicted octanol–water partition coefficient (Wildman–Crippen LogP) is 3.33. The molecule has 0 saturated carbocycles. The summed E-state index contributed by atoms with van der Waals surface area (Å²) >= 11 is 0. The maximum absolute atomic E-state index is 13.4. The summed E-state index contributed by atoms with van der Waals surface area (Å²) in [5.41, 5.74) is 1.31. The largest absolute Gasteiger partial charge is 0.508 e. The number of halogens is 1. The number of phenolic OH excluding ortho intramolecular Hbond substituents is 2. The van der Waals surface area contributed by atoms with Crippen molar-refractivity contribution in [2.24, 2.45) is 0 Å². The maximum atomic E-state index is 13.4. The molecule has 0 unspecified atom stereocenters. The van der Waals surface area contributed by atoms with Gasteiger partial charge < -0.3 is 19.9 Å². The molecule has 1 aromatic heterocycles. The minimum atomic E-state index is -0.497. The van der Waals surface area contributed by atoms with Gasteiger partial charge in [0.25, 0.3) is 0 Å². The number of rotatable bonds is 1. The summed E-state index contributed by atoms with van der Waals surface area (Å²) in [6.07, 6.45) is 3.10. The van der Waals surface area contributed by atoms with Gasteiger partial charge in [-0.3, -0.25) is 4.79 Å². The number of carbonyl (C=O) groups is 1. The average molecular weight is 311 g/mol. The zero-order chi connectivity index (χ0) is 16.1. The summed E-state index contributed by atoms with van der Waals surface area (Å²) in [5, 5.41) is 19.9. The molecule has 1 aliphatic heterocycles. The van der Waals surface area contributed by atoms with Gasteiger partial charge in [-0.25, -0.2) is 4.39 Å². The second kappa shape index (κ2) is 4.61. The molecule has 2 heterocycles. The normalized spacial score (nSPS) is 15.2. The van der Waals surface area contributed by atoms with E-state index in [9.17, 15) is 19.4 Å². The molecular formula is C17H10FNO4. The van der Waals surface area contributed by atoms with Gasteiger partial charge in [0.1, 0.15) is 28.6 Å². The molecule has 114 valence electrons. The highest BCUT2D eigenvalue weighted by atomic mass is 19.1. The van der Waals surface area contributed by atoms with Crippen LogP contribution in [0.25, 0.3) is 17.0 Å². The summed E-state index contributed by atoms with van der Waals surface area (Å²) in [7, 11) is 0. The van der Waals surface area contributed by atoms with E-state index in [-0.39, 0.29) is 34.4 Å². The lowest BCUT2D eigenvalue weighted by Gasteiger charge is -2.00. The molecule has 3 N–H and O–H groups in total. The summed E-state index contributed by atoms with van der Waals surface area (Å²) in [6, 6.07) is 6.62. The Morgan fingerprint density at radius 3 is 2.83 bits per heavy atom. The Hall–Kier alpha value is -3.28. The monoisotopic (exact) mass is 311 g/mol. The van der Waals surface area contributed by atoms with E-state index in [4.69, 9.17) is 4.74 Å². The van der Waals surface area contributed by atoms with Crippen LogP contribution in [0.5, 0.6) is 17.2 Å². The fourth-order valence-electron chi connectivity index (χ4n) is 2.65. The van der Waals surface area contributed by atoms with Crippen molar-refractivity contribution < 1.29 is 24.1 Å². The van der Waals surface area contributed by atoms with Gasteiger partial charge >= 0.3 is 0 Å². The molecule has 1 aliphatic rings. The van der Waals surface area contributed by atoms with Crippen molar-refractivity contribution in [1.29, 1.82) is 0 Å². The number of aromatic hydroxyl groups is 2. The Labute approximate surface area is 129 Å². The molecule has 0 saturated heterocycles. The second-order valence-corrected chi connectivity index (χ2v) is 5.21. The molecule has 6 heteroatoms. The molecule has 0 amide bonds. The number of carbonyl (C=O) groups excluding carboxylic acids is 1. The summed E-state index contributed by atoms with van der Waals surface area (Å²) in [4.78, 5) is 15.3. The Morgan fingerprint density at radius 1 is 1.17 bits per heavy atom. The number of hydrogen-bond donors (Lipinski definition) is 3. The van der Waals surface area contributed by atoms with Gasteiger partial charge in [-0.1, -0.05) is 0 Å². The molecule has 0 radical (unpaired) electrons. The first kappa shape index (κ1) is 13.4. The number of Topliss-reactive ketones (excluding diaryl/α,β-unsaturated/α-hetero) is 1. The number of fused-ring (bicyclic) bond motifs is 2. The molecule has 0 bridgehead atoms. The highest BCUT2D eigenvalue weighted by Gasteiger charge is 2.31. The first-order valence-corrected chi connectivity index (χ1v) is 6.80. The first-order chi connectivity index (χ1) is 11.0. The van der Waals surface area contributed by atoms with Gasteiger partial charge in [-0.2, -0.15) is 0 Å². The van der Waals surface area contributed by atoms with Gasteiger partial charge in [-0.15, -0.1) is 0 Å². The number of H-pyrrole nitrogens is 1. The quantitative estimate of drug-likeness (QED) is 0.602. The number of allylic oxidation sites excluding steroid dienone is 1. The van der Waals surface area contributed by atoms with Crippen LogP contribution in [0.4, 0.5) is 4.39 Å². The molecule has 0 aliphatic carbocycles. The third-order valence-corrected chi connectivity index (χ3v) is 3.70. The number of ketones is 1. The van der Waals surface area contributed by atoms with Gasteiger partial charge in [0.05, 0.1) is 0 Å². The molecule has 2 aromatic carbocycles. The van der Waals surface area contributed by atoms with Crippen LogP contribution in [-0.4, -0.2) is 21.0 Å². The third kappa shape index (κ3) is 2.03. The second-order valence-electron chi connectivity index (χ2n) is 5.21. The molecule has 4 rings (SSSR count). The van der Waals surface area contributed by atoms with Crippen molar-refractivity contribution >= 4 is 22.8 Å². The molecule has 23 heavy (non-hydrogen) atoms. The van der Waals surface area contributed by atoms with Crippen LogP contribution < -0.4 is 4.74 Å². The third-order valence-electron chi connectivity index (χ3n) is 3.70. The Bertz CT molecular complexity index is 1000. The molecule has 0 spiro atoms. The summed E-state index contributed by atoms with van der Waals surface area (Å²) in [5.74, 6) is -1.36. The lowest BCUT2D eigenvalue weighted by molar-refractivity contribution is 0.101. The SMILES string of the molecule is O=C1C(=Cc2c[nH]c3ccc(F)cc23)Oc2cc(O)cc(O)c21.